The Labute approximate surface area is 195 Å². The average Bonchev–Trinajstić information content (AvgIpc) is 3.41. The van der Waals surface area contributed by atoms with Crippen molar-refractivity contribution >= 4 is 29.1 Å². The third-order valence-electron chi connectivity index (χ3n) is 5.55. The van der Waals surface area contributed by atoms with Crippen LogP contribution in [0.2, 0.25) is 0 Å². The van der Waals surface area contributed by atoms with Gasteiger partial charge in [-0.3, -0.25) is 9.59 Å². The fraction of sp³-hybridized carbons (Fsp3) is 0.478. The van der Waals surface area contributed by atoms with Gasteiger partial charge in [0.1, 0.15) is 11.6 Å². The second kappa shape index (κ2) is 11.2. The molecule has 2 heterocycles. The van der Waals surface area contributed by atoms with E-state index in [2.05, 4.69) is 15.6 Å². The maximum Gasteiger partial charge on any atom is 0.357 e. The molecule has 178 valence electrons. The van der Waals surface area contributed by atoms with E-state index in [-0.39, 0.29) is 30.5 Å². The number of esters is 1. The number of ether oxygens (including phenoxy) is 2. The van der Waals surface area contributed by atoms with E-state index < -0.39 is 17.3 Å². The van der Waals surface area contributed by atoms with Gasteiger partial charge in [0.25, 0.3) is 0 Å². The number of hydrogen-bond donors (Lipinski definition) is 2. The van der Waals surface area contributed by atoms with Crippen LogP contribution in [0.3, 0.4) is 0 Å². The van der Waals surface area contributed by atoms with Crippen LogP contribution in [0, 0.1) is 5.82 Å². The molecule has 2 amide bonds. The van der Waals surface area contributed by atoms with Crippen LogP contribution in [0.5, 0.6) is 5.75 Å². The Morgan fingerprint density at radius 2 is 2.18 bits per heavy atom. The van der Waals surface area contributed by atoms with Crippen LogP contribution >= 0.6 is 11.3 Å². The zero-order chi connectivity index (χ0) is 23.8. The van der Waals surface area contributed by atoms with Crippen LogP contribution in [-0.4, -0.2) is 48.6 Å². The predicted octanol–water partition coefficient (Wildman–Crippen LogP) is 2.80. The molecule has 1 aliphatic heterocycles. The summed E-state index contributed by atoms with van der Waals surface area (Å²) in [7, 11) is 1.47. The van der Waals surface area contributed by atoms with Crippen molar-refractivity contribution < 1.29 is 28.2 Å². The molecule has 0 aliphatic carbocycles. The minimum Gasteiger partial charge on any atom is -0.497 e. The Morgan fingerprint density at radius 1 is 1.36 bits per heavy atom. The third kappa shape index (κ3) is 6.74. The van der Waals surface area contributed by atoms with Crippen LogP contribution in [0.15, 0.2) is 23.6 Å². The molecule has 3 rings (SSSR count). The molecule has 1 aromatic heterocycles. The normalized spacial score (nSPS) is 17.5. The number of hydrogen-bond acceptors (Lipinski definition) is 7. The maximum atomic E-state index is 14.5. The number of amides is 2. The Morgan fingerprint density at radius 3 is 2.85 bits per heavy atom. The van der Waals surface area contributed by atoms with E-state index in [1.807, 2.05) is 0 Å². The van der Waals surface area contributed by atoms with Gasteiger partial charge >= 0.3 is 5.97 Å². The number of carbonyl (C=O) groups excluding carboxylic acids is 3. The molecule has 1 aromatic carbocycles. The first kappa shape index (κ1) is 24.6. The zero-order valence-corrected chi connectivity index (χ0v) is 19.6. The maximum absolute atomic E-state index is 14.5. The van der Waals surface area contributed by atoms with Crippen LogP contribution in [-0.2, 0) is 27.2 Å². The van der Waals surface area contributed by atoms with Crippen molar-refractivity contribution in [1.82, 2.24) is 15.6 Å². The molecule has 1 fully saturated rings. The second-order valence-electron chi connectivity index (χ2n) is 7.91. The molecule has 1 aliphatic rings. The van der Waals surface area contributed by atoms with Crippen LogP contribution < -0.4 is 15.4 Å². The van der Waals surface area contributed by atoms with Gasteiger partial charge in [-0.25, -0.2) is 14.2 Å². The van der Waals surface area contributed by atoms with Crippen LogP contribution in [0.1, 0.15) is 53.7 Å². The fourth-order valence-electron chi connectivity index (χ4n) is 3.82. The van der Waals surface area contributed by atoms with E-state index >= 15 is 0 Å². The number of aromatic nitrogens is 1. The minimum atomic E-state index is -0.659. The van der Waals surface area contributed by atoms with E-state index in [0.717, 1.165) is 5.01 Å². The van der Waals surface area contributed by atoms with Gasteiger partial charge in [-0.05, 0) is 37.8 Å². The number of methoxy groups -OCH3 is 1. The molecular weight excluding hydrogens is 449 g/mol. The summed E-state index contributed by atoms with van der Waals surface area (Å²) in [5.74, 6) is -0.681. The lowest BCUT2D eigenvalue weighted by Gasteiger charge is -2.29. The quantitative estimate of drug-likeness (QED) is 0.482. The number of nitrogens with zero attached hydrogens (tertiary/aromatic N) is 1. The van der Waals surface area contributed by atoms with Crippen molar-refractivity contribution in [3.8, 4) is 5.75 Å². The third-order valence-corrected chi connectivity index (χ3v) is 6.46. The Bertz CT molecular complexity index is 1010. The average molecular weight is 478 g/mol. The van der Waals surface area contributed by atoms with E-state index in [1.165, 1.54) is 24.5 Å². The molecule has 8 nitrogen and oxygen atoms in total. The van der Waals surface area contributed by atoms with E-state index in [1.54, 1.807) is 24.4 Å². The Hall–Kier alpha value is -3.01. The first-order chi connectivity index (χ1) is 15.8. The zero-order valence-electron chi connectivity index (χ0n) is 18.7. The first-order valence-corrected chi connectivity index (χ1v) is 11.7. The molecule has 1 atom stereocenters. The SMILES string of the molecule is CCOC(=O)c1csc(CCNC(=O)CCC2(Cc3ccc(OC)cc3F)CCC(=O)N2)n1. The number of rotatable bonds is 11. The highest BCUT2D eigenvalue weighted by molar-refractivity contribution is 7.09. The van der Waals surface area contributed by atoms with Crippen molar-refractivity contribution in [1.29, 1.82) is 0 Å². The van der Waals surface area contributed by atoms with Crippen molar-refractivity contribution in [3.63, 3.8) is 0 Å². The monoisotopic (exact) mass is 477 g/mol. The topological polar surface area (TPSA) is 107 Å². The molecule has 33 heavy (non-hydrogen) atoms. The molecule has 0 radical (unpaired) electrons. The molecule has 2 N–H and O–H groups in total. The van der Waals surface area contributed by atoms with Gasteiger partial charge in [-0.2, -0.15) is 0 Å². The van der Waals surface area contributed by atoms with E-state index in [4.69, 9.17) is 9.47 Å². The Kier molecular flexibility index (Phi) is 8.37. The van der Waals surface area contributed by atoms with Crippen molar-refractivity contribution in [2.45, 2.75) is 51.0 Å². The van der Waals surface area contributed by atoms with Gasteiger partial charge in [-0.15, -0.1) is 11.3 Å². The lowest BCUT2D eigenvalue weighted by molar-refractivity contribution is -0.122. The Balaban J connectivity index is 1.51. The summed E-state index contributed by atoms with van der Waals surface area (Å²) in [5, 5.41) is 8.18. The van der Waals surface area contributed by atoms with Gasteiger partial charge in [-0.1, -0.05) is 6.07 Å². The minimum absolute atomic E-state index is 0.0921. The summed E-state index contributed by atoms with van der Waals surface area (Å²) in [4.78, 5) is 40.2. The number of nitrogens with one attached hydrogen (secondary N) is 2. The van der Waals surface area contributed by atoms with Crippen molar-refractivity contribution in [2.24, 2.45) is 0 Å². The van der Waals surface area contributed by atoms with E-state index in [0.29, 0.717) is 50.0 Å². The number of carbonyl (C=O) groups is 3. The summed E-state index contributed by atoms with van der Waals surface area (Å²) >= 11 is 1.34. The standard InChI is InChI=1S/C23H28FN3O5S/c1-3-32-22(30)18-14-33-21(26-18)8-11-25-19(28)6-9-23(10-7-20(29)27-23)13-15-4-5-16(31-2)12-17(15)24/h4-5,12,14H,3,6-11,13H2,1-2H3,(H,25,28)(H,27,29). The number of halogens is 1. The fourth-order valence-corrected chi connectivity index (χ4v) is 4.59. The summed E-state index contributed by atoms with van der Waals surface area (Å²) in [6.07, 6.45) is 2.29. The van der Waals surface area contributed by atoms with Gasteiger partial charge in [0.2, 0.25) is 11.8 Å². The van der Waals surface area contributed by atoms with Crippen LogP contribution in [0.25, 0.3) is 0 Å². The van der Waals surface area contributed by atoms with Crippen LogP contribution in [0.4, 0.5) is 4.39 Å². The van der Waals surface area contributed by atoms with Gasteiger partial charge in [0.15, 0.2) is 5.69 Å². The summed E-state index contributed by atoms with van der Waals surface area (Å²) < 4.78 is 24.4. The molecule has 0 spiro atoms. The molecule has 0 bridgehead atoms. The molecule has 10 heteroatoms. The predicted molar refractivity (Wildman–Crippen MR) is 121 cm³/mol. The lowest BCUT2D eigenvalue weighted by Crippen LogP contribution is -2.44. The van der Waals surface area contributed by atoms with Gasteiger partial charge < -0.3 is 20.1 Å². The van der Waals surface area contributed by atoms with Crippen molar-refractivity contribution in [3.05, 3.63) is 45.7 Å². The molecule has 1 saturated heterocycles. The second-order valence-corrected chi connectivity index (χ2v) is 8.85. The molecule has 1 unspecified atom stereocenters. The summed E-state index contributed by atoms with van der Waals surface area (Å²) in [6.45, 7) is 2.39. The summed E-state index contributed by atoms with van der Waals surface area (Å²) in [6, 6.07) is 4.65. The van der Waals surface area contributed by atoms with Crippen molar-refractivity contribution in [2.75, 3.05) is 20.3 Å². The highest BCUT2D eigenvalue weighted by atomic mass is 32.1. The summed E-state index contributed by atoms with van der Waals surface area (Å²) in [5.41, 5.74) is 0.0840. The lowest BCUT2D eigenvalue weighted by atomic mass is 9.84. The highest BCUT2D eigenvalue weighted by Gasteiger charge is 2.38. The number of benzene rings is 1. The molecular formula is C23H28FN3O5S. The number of thiazole rings is 1. The van der Waals surface area contributed by atoms with Gasteiger partial charge in [0.05, 0.1) is 18.7 Å². The molecule has 0 saturated carbocycles. The largest absolute Gasteiger partial charge is 0.497 e. The van der Waals surface area contributed by atoms with Gasteiger partial charge in [0, 0.05) is 42.8 Å². The smallest absolute Gasteiger partial charge is 0.357 e. The highest BCUT2D eigenvalue weighted by Crippen LogP contribution is 2.31. The first-order valence-electron chi connectivity index (χ1n) is 10.9. The molecule has 2 aromatic rings. The van der Waals surface area contributed by atoms with E-state index in [9.17, 15) is 18.8 Å².